The SMILES string of the molecule is COc1cccc(CCN2CCC3(CC2)CC(=O)c2cc(C=CC(=O)NO)ccc2O3)c1. The minimum absolute atomic E-state index is 0.0675. The van der Waals surface area contributed by atoms with Gasteiger partial charge in [-0.2, -0.15) is 0 Å². The molecule has 1 saturated heterocycles. The minimum atomic E-state index is -0.623. The Morgan fingerprint density at radius 2 is 2.06 bits per heavy atom. The number of fused-ring (bicyclic) bond motifs is 1. The largest absolute Gasteiger partial charge is 0.497 e. The first-order valence-electron chi connectivity index (χ1n) is 10.8. The van der Waals surface area contributed by atoms with Crippen LogP contribution in [0.1, 0.15) is 40.7 Å². The summed E-state index contributed by atoms with van der Waals surface area (Å²) in [5, 5.41) is 8.59. The van der Waals surface area contributed by atoms with Crippen LogP contribution in [0.2, 0.25) is 0 Å². The van der Waals surface area contributed by atoms with Gasteiger partial charge in [0.05, 0.1) is 19.1 Å². The van der Waals surface area contributed by atoms with Crippen molar-refractivity contribution in [3.8, 4) is 11.5 Å². The van der Waals surface area contributed by atoms with E-state index in [2.05, 4.69) is 17.0 Å². The second-order valence-corrected chi connectivity index (χ2v) is 8.39. The Bertz CT molecular complexity index is 1020. The van der Waals surface area contributed by atoms with E-state index in [4.69, 9.17) is 14.7 Å². The van der Waals surface area contributed by atoms with Gasteiger partial charge in [-0.25, -0.2) is 5.48 Å². The second-order valence-electron chi connectivity index (χ2n) is 8.39. The molecule has 0 atom stereocenters. The highest BCUT2D eigenvalue weighted by Gasteiger charge is 2.42. The number of hydroxylamine groups is 1. The lowest BCUT2D eigenvalue weighted by molar-refractivity contribution is -0.124. The highest BCUT2D eigenvalue weighted by Crippen LogP contribution is 2.39. The second kappa shape index (κ2) is 9.54. The Morgan fingerprint density at radius 1 is 1.25 bits per heavy atom. The number of likely N-dealkylation sites (tertiary alicyclic amines) is 1. The van der Waals surface area contributed by atoms with Crippen molar-refractivity contribution in [1.29, 1.82) is 0 Å². The zero-order valence-corrected chi connectivity index (χ0v) is 18.2. The van der Waals surface area contributed by atoms with E-state index in [0.717, 1.165) is 44.6 Å². The molecule has 2 aromatic carbocycles. The van der Waals surface area contributed by atoms with Gasteiger partial charge < -0.3 is 14.4 Å². The molecule has 0 unspecified atom stereocenters. The summed E-state index contributed by atoms with van der Waals surface area (Å²) in [6, 6.07) is 13.5. The molecule has 1 amide bonds. The number of carbonyl (C=O) groups excluding carboxylic acids is 2. The number of rotatable bonds is 6. The van der Waals surface area contributed by atoms with Crippen LogP contribution in [-0.2, 0) is 11.2 Å². The monoisotopic (exact) mass is 436 g/mol. The highest BCUT2D eigenvalue weighted by molar-refractivity contribution is 6.01. The topological polar surface area (TPSA) is 88.1 Å². The molecule has 2 N–H and O–H groups in total. The molecule has 0 bridgehead atoms. The first kappa shape index (κ1) is 22.0. The molecule has 168 valence electrons. The van der Waals surface area contributed by atoms with Gasteiger partial charge in [0.25, 0.3) is 5.91 Å². The zero-order valence-electron chi connectivity index (χ0n) is 18.2. The zero-order chi connectivity index (χ0) is 22.6. The summed E-state index contributed by atoms with van der Waals surface area (Å²) in [6.45, 7) is 2.75. The first-order chi connectivity index (χ1) is 15.5. The normalized spacial score (nSPS) is 17.8. The Kier molecular flexibility index (Phi) is 6.58. The van der Waals surface area contributed by atoms with Gasteiger partial charge in [0.15, 0.2) is 5.78 Å². The maximum absolute atomic E-state index is 12.9. The Labute approximate surface area is 187 Å². The van der Waals surface area contributed by atoms with Crippen molar-refractivity contribution >= 4 is 17.8 Å². The van der Waals surface area contributed by atoms with Gasteiger partial charge in [0, 0.05) is 38.6 Å². The summed E-state index contributed by atoms with van der Waals surface area (Å²) in [6.07, 6.45) is 5.71. The summed E-state index contributed by atoms with van der Waals surface area (Å²) in [5.74, 6) is 0.929. The number of methoxy groups -OCH3 is 1. The van der Waals surface area contributed by atoms with Crippen LogP contribution in [0.3, 0.4) is 0 Å². The fourth-order valence-electron chi connectivity index (χ4n) is 4.40. The molecule has 1 spiro atoms. The van der Waals surface area contributed by atoms with Gasteiger partial charge in [-0.05, 0) is 47.9 Å². The average Bonchev–Trinajstić information content (AvgIpc) is 2.82. The third-order valence-corrected chi connectivity index (χ3v) is 6.27. The number of Topliss-reactive ketones (excluding diaryl/α,β-unsaturated/α-hetero) is 1. The fraction of sp³-hybridized carbons (Fsp3) is 0.360. The molecule has 2 aliphatic rings. The number of benzene rings is 2. The van der Waals surface area contributed by atoms with Gasteiger partial charge in [0.2, 0.25) is 0 Å². The molecule has 2 aromatic rings. The van der Waals surface area contributed by atoms with E-state index < -0.39 is 11.5 Å². The molecule has 0 saturated carbocycles. The van der Waals surface area contributed by atoms with Crippen molar-refractivity contribution < 1.29 is 24.3 Å². The summed E-state index contributed by atoms with van der Waals surface area (Å²) >= 11 is 0. The number of hydrogen-bond donors (Lipinski definition) is 2. The number of ketones is 1. The molecular formula is C25H28N2O5. The van der Waals surface area contributed by atoms with Crippen LogP contribution in [0.25, 0.3) is 6.08 Å². The summed E-state index contributed by atoms with van der Waals surface area (Å²) < 4.78 is 11.7. The Balaban J connectivity index is 1.36. The fourth-order valence-corrected chi connectivity index (χ4v) is 4.40. The molecule has 32 heavy (non-hydrogen) atoms. The van der Waals surface area contributed by atoms with Crippen LogP contribution in [0, 0.1) is 0 Å². The number of nitrogens with zero attached hydrogens (tertiary/aromatic N) is 1. The molecule has 0 aliphatic carbocycles. The van der Waals surface area contributed by atoms with Crippen LogP contribution in [-0.4, -0.2) is 54.1 Å². The van der Waals surface area contributed by atoms with Crippen LogP contribution < -0.4 is 15.0 Å². The quantitative estimate of drug-likeness (QED) is 0.411. The molecular weight excluding hydrogens is 408 g/mol. The van der Waals surface area contributed by atoms with Crippen molar-refractivity contribution in [3.63, 3.8) is 0 Å². The molecule has 0 radical (unpaired) electrons. The molecule has 0 aromatic heterocycles. The predicted octanol–water partition coefficient (Wildman–Crippen LogP) is 3.26. The summed E-state index contributed by atoms with van der Waals surface area (Å²) in [4.78, 5) is 26.5. The van der Waals surface area contributed by atoms with E-state index in [-0.39, 0.29) is 5.78 Å². The maximum atomic E-state index is 12.9. The van der Waals surface area contributed by atoms with Crippen molar-refractivity contribution in [3.05, 3.63) is 65.2 Å². The Hall–Kier alpha value is -3.16. The van der Waals surface area contributed by atoms with Gasteiger partial charge in [0.1, 0.15) is 17.1 Å². The molecule has 2 heterocycles. The van der Waals surface area contributed by atoms with E-state index >= 15 is 0 Å². The summed E-state index contributed by atoms with van der Waals surface area (Å²) in [7, 11) is 1.68. The number of piperidine rings is 1. The van der Waals surface area contributed by atoms with E-state index in [9.17, 15) is 9.59 Å². The molecule has 2 aliphatic heterocycles. The van der Waals surface area contributed by atoms with E-state index in [1.165, 1.54) is 11.6 Å². The van der Waals surface area contributed by atoms with Gasteiger partial charge in [-0.1, -0.05) is 18.2 Å². The van der Waals surface area contributed by atoms with Crippen molar-refractivity contribution in [1.82, 2.24) is 10.4 Å². The first-order valence-corrected chi connectivity index (χ1v) is 10.8. The number of amides is 1. The maximum Gasteiger partial charge on any atom is 0.267 e. The number of nitrogens with one attached hydrogen (secondary N) is 1. The molecule has 7 heteroatoms. The number of carbonyl (C=O) groups is 2. The lowest BCUT2D eigenvalue weighted by Gasteiger charge is -2.44. The van der Waals surface area contributed by atoms with Crippen LogP contribution in [0.4, 0.5) is 0 Å². The third-order valence-electron chi connectivity index (χ3n) is 6.27. The summed E-state index contributed by atoms with van der Waals surface area (Å²) in [5.41, 5.74) is 3.60. The number of hydrogen-bond acceptors (Lipinski definition) is 6. The predicted molar refractivity (Wildman–Crippen MR) is 120 cm³/mol. The van der Waals surface area contributed by atoms with Crippen LogP contribution in [0.5, 0.6) is 11.5 Å². The minimum Gasteiger partial charge on any atom is -0.497 e. The lowest BCUT2D eigenvalue weighted by Crippen LogP contribution is -2.51. The average molecular weight is 437 g/mol. The lowest BCUT2D eigenvalue weighted by atomic mass is 9.82. The van der Waals surface area contributed by atoms with Gasteiger partial charge >= 0.3 is 0 Å². The van der Waals surface area contributed by atoms with Crippen molar-refractivity contribution in [2.45, 2.75) is 31.3 Å². The van der Waals surface area contributed by atoms with E-state index in [1.807, 2.05) is 12.1 Å². The van der Waals surface area contributed by atoms with Crippen LogP contribution in [0.15, 0.2) is 48.5 Å². The molecule has 4 rings (SSSR count). The molecule has 7 nitrogen and oxygen atoms in total. The van der Waals surface area contributed by atoms with Crippen molar-refractivity contribution in [2.75, 3.05) is 26.7 Å². The van der Waals surface area contributed by atoms with E-state index in [1.54, 1.807) is 36.9 Å². The standard InChI is InChI=1S/C25H28N2O5/c1-31-20-4-2-3-18(15-20)9-12-27-13-10-25(11-14-27)17-22(28)21-16-19(5-7-23(21)32-25)6-8-24(29)26-30/h2-8,15-16,30H,9-14,17H2,1H3,(H,26,29). The Morgan fingerprint density at radius 3 is 2.81 bits per heavy atom. The van der Waals surface area contributed by atoms with Gasteiger partial charge in [-0.3, -0.25) is 14.8 Å². The smallest absolute Gasteiger partial charge is 0.267 e. The highest BCUT2D eigenvalue weighted by atomic mass is 16.5. The van der Waals surface area contributed by atoms with E-state index in [0.29, 0.717) is 23.3 Å². The number of ether oxygens (including phenoxy) is 2. The molecule has 1 fully saturated rings. The van der Waals surface area contributed by atoms with Crippen molar-refractivity contribution in [2.24, 2.45) is 0 Å². The van der Waals surface area contributed by atoms with Gasteiger partial charge in [-0.15, -0.1) is 0 Å². The third kappa shape index (κ3) is 5.00. The van der Waals surface area contributed by atoms with Crippen LogP contribution >= 0.6 is 0 Å².